The molecule has 1 aromatic carbocycles. The predicted molar refractivity (Wildman–Crippen MR) is 60.0 cm³/mol. The molecule has 0 fully saturated rings. The Hall–Kier alpha value is -1.08. The summed E-state index contributed by atoms with van der Waals surface area (Å²) in [7, 11) is 0. The van der Waals surface area contributed by atoms with E-state index < -0.39 is 0 Å². The van der Waals surface area contributed by atoms with Crippen molar-refractivity contribution in [3.8, 4) is 0 Å². The minimum Gasteiger partial charge on any atom is -0.294 e. The van der Waals surface area contributed by atoms with Gasteiger partial charge in [0.15, 0.2) is 5.78 Å². The average Bonchev–Trinajstić information content (AvgIpc) is 2.18. The second-order valence-corrected chi connectivity index (χ2v) is 3.64. The Morgan fingerprint density at radius 1 is 1.57 bits per heavy atom. The van der Waals surface area contributed by atoms with Crippen molar-refractivity contribution in [2.75, 3.05) is 0 Å². The van der Waals surface area contributed by atoms with E-state index in [1.54, 1.807) is 12.1 Å². The van der Waals surface area contributed by atoms with Crippen LogP contribution in [0.4, 0.5) is 0 Å². The number of halogens is 1. The normalized spacial score (nSPS) is 9.86. The van der Waals surface area contributed by atoms with E-state index in [-0.39, 0.29) is 5.78 Å². The predicted octanol–water partition coefficient (Wildman–Crippen LogP) is 3.80. The Morgan fingerprint density at radius 3 is 2.93 bits per heavy atom. The Labute approximate surface area is 89.4 Å². The Bertz CT molecular complexity index is 355. The van der Waals surface area contributed by atoms with Crippen molar-refractivity contribution in [2.24, 2.45) is 0 Å². The summed E-state index contributed by atoms with van der Waals surface area (Å²) >= 11 is 5.92. The molecule has 74 valence electrons. The van der Waals surface area contributed by atoms with Gasteiger partial charge in [0.25, 0.3) is 0 Å². The summed E-state index contributed by atoms with van der Waals surface area (Å²) in [5.74, 6) is 0.0820. The fourth-order valence-electron chi connectivity index (χ4n) is 1.22. The molecule has 0 aliphatic carbocycles. The molecule has 0 amide bonds. The van der Waals surface area contributed by atoms with Crippen molar-refractivity contribution in [3.05, 3.63) is 47.0 Å². The van der Waals surface area contributed by atoms with Crippen LogP contribution < -0.4 is 0 Å². The van der Waals surface area contributed by atoms with Crippen LogP contribution in [-0.4, -0.2) is 5.78 Å². The molecule has 0 unspecified atom stereocenters. The molecule has 1 aromatic rings. The van der Waals surface area contributed by atoms with E-state index in [0.29, 0.717) is 23.4 Å². The zero-order valence-electron chi connectivity index (χ0n) is 8.22. The molecule has 0 aliphatic heterocycles. The van der Waals surface area contributed by atoms with Crippen LogP contribution in [0, 0.1) is 6.92 Å². The summed E-state index contributed by atoms with van der Waals surface area (Å²) in [4.78, 5) is 11.6. The van der Waals surface area contributed by atoms with Crippen molar-refractivity contribution in [1.29, 1.82) is 0 Å². The number of allylic oxidation sites excluding steroid dienone is 1. The maximum Gasteiger partial charge on any atom is 0.164 e. The second kappa shape index (κ2) is 4.97. The molecule has 0 saturated carbocycles. The van der Waals surface area contributed by atoms with Crippen molar-refractivity contribution in [2.45, 2.75) is 19.8 Å². The molecule has 0 bridgehead atoms. The van der Waals surface area contributed by atoms with Crippen molar-refractivity contribution < 1.29 is 4.79 Å². The van der Waals surface area contributed by atoms with Crippen LogP contribution in [0.2, 0.25) is 5.02 Å². The minimum atomic E-state index is 0.0820. The fraction of sp³-hybridized carbons (Fsp3) is 0.250. The molecule has 0 saturated heterocycles. The van der Waals surface area contributed by atoms with E-state index in [2.05, 4.69) is 6.58 Å². The smallest absolute Gasteiger partial charge is 0.164 e. The molecule has 1 nitrogen and oxygen atoms in total. The lowest BCUT2D eigenvalue weighted by atomic mass is 10.0. The first-order valence-electron chi connectivity index (χ1n) is 4.55. The van der Waals surface area contributed by atoms with Crippen LogP contribution in [0.5, 0.6) is 0 Å². The van der Waals surface area contributed by atoms with Gasteiger partial charge in [0, 0.05) is 12.0 Å². The number of rotatable bonds is 4. The van der Waals surface area contributed by atoms with Crippen LogP contribution in [0.1, 0.15) is 28.8 Å². The summed E-state index contributed by atoms with van der Waals surface area (Å²) in [6.45, 7) is 5.53. The van der Waals surface area contributed by atoms with Gasteiger partial charge in [-0.3, -0.25) is 4.79 Å². The number of ketones is 1. The molecule has 14 heavy (non-hydrogen) atoms. The van der Waals surface area contributed by atoms with E-state index >= 15 is 0 Å². The van der Waals surface area contributed by atoms with Gasteiger partial charge < -0.3 is 0 Å². The third kappa shape index (κ3) is 2.71. The van der Waals surface area contributed by atoms with Crippen molar-refractivity contribution in [1.82, 2.24) is 0 Å². The number of hydrogen-bond acceptors (Lipinski definition) is 1. The Morgan fingerprint density at radius 2 is 2.29 bits per heavy atom. The van der Waals surface area contributed by atoms with E-state index in [9.17, 15) is 4.79 Å². The number of hydrogen-bond donors (Lipinski definition) is 0. The molecule has 0 atom stereocenters. The summed E-state index contributed by atoms with van der Waals surface area (Å²) in [5.41, 5.74) is 1.67. The van der Waals surface area contributed by atoms with Gasteiger partial charge in [0.1, 0.15) is 0 Å². The third-order valence-corrected chi connectivity index (χ3v) is 2.33. The SMILES string of the molecule is C=CCCC(=O)c1cc(C)ccc1Cl. The van der Waals surface area contributed by atoms with Crippen LogP contribution in [0.15, 0.2) is 30.9 Å². The first-order valence-corrected chi connectivity index (χ1v) is 4.93. The van der Waals surface area contributed by atoms with Gasteiger partial charge in [-0.25, -0.2) is 0 Å². The highest BCUT2D eigenvalue weighted by molar-refractivity contribution is 6.34. The van der Waals surface area contributed by atoms with E-state index in [0.717, 1.165) is 5.56 Å². The lowest BCUT2D eigenvalue weighted by Crippen LogP contribution is -1.99. The standard InChI is InChI=1S/C12H13ClO/c1-3-4-5-12(14)10-8-9(2)6-7-11(10)13/h3,6-8H,1,4-5H2,2H3. The lowest BCUT2D eigenvalue weighted by Gasteiger charge is -2.03. The van der Waals surface area contributed by atoms with E-state index in [1.165, 1.54) is 0 Å². The quantitative estimate of drug-likeness (QED) is 0.544. The summed E-state index contributed by atoms with van der Waals surface area (Å²) in [5, 5.41) is 0.532. The molecule has 0 radical (unpaired) electrons. The molecular weight excluding hydrogens is 196 g/mol. The second-order valence-electron chi connectivity index (χ2n) is 3.23. The van der Waals surface area contributed by atoms with Crippen molar-refractivity contribution >= 4 is 17.4 Å². The highest BCUT2D eigenvalue weighted by atomic mass is 35.5. The zero-order valence-corrected chi connectivity index (χ0v) is 8.97. The van der Waals surface area contributed by atoms with Gasteiger partial charge in [-0.2, -0.15) is 0 Å². The average molecular weight is 209 g/mol. The number of benzene rings is 1. The topological polar surface area (TPSA) is 17.1 Å². The molecular formula is C12H13ClO. The first-order chi connectivity index (χ1) is 6.65. The summed E-state index contributed by atoms with van der Waals surface area (Å²) in [6.07, 6.45) is 2.91. The third-order valence-electron chi connectivity index (χ3n) is 2.00. The molecule has 0 heterocycles. The highest BCUT2D eigenvalue weighted by Crippen LogP contribution is 2.19. The zero-order chi connectivity index (χ0) is 10.6. The fourth-order valence-corrected chi connectivity index (χ4v) is 1.44. The molecule has 0 N–H and O–H groups in total. The molecule has 1 rings (SSSR count). The van der Waals surface area contributed by atoms with Crippen LogP contribution in [0.3, 0.4) is 0 Å². The van der Waals surface area contributed by atoms with Crippen LogP contribution >= 0.6 is 11.6 Å². The number of carbonyl (C=O) groups is 1. The molecule has 0 aromatic heterocycles. The molecule has 0 aliphatic rings. The Kier molecular flexibility index (Phi) is 3.90. The van der Waals surface area contributed by atoms with Crippen LogP contribution in [-0.2, 0) is 0 Å². The Balaban J connectivity index is 2.88. The van der Waals surface area contributed by atoms with Gasteiger partial charge in [-0.15, -0.1) is 6.58 Å². The van der Waals surface area contributed by atoms with Gasteiger partial charge in [-0.1, -0.05) is 29.3 Å². The van der Waals surface area contributed by atoms with Gasteiger partial charge in [-0.05, 0) is 25.5 Å². The van der Waals surface area contributed by atoms with Gasteiger partial charge in [0.2, 0.25) is 0 Å². The number of aryl methyl sites for hydroxylation is 1. The maximum atomic E-state index is 11.6. The monoisotopic (exact) mass is 208 g/mol. The first kappa shape index (κ1) is 11.0. The lowest BCUT2D eigenvalue weighted by molar-refractivity contribution is 0.0984. The minimum absolute atomic E-state index is 0.0820. The molecule has 2 heteroatoms. The highest BCUT2D eigenvalue weighted by Gasteiger charge is 2.09. The number of Topliss-reactive ketones (excluding diaryl/α,β-unsaturated/α-hetero) is 1. The van der Waals surface area contributed by atoms with Crippen LogP contribution in [0.25, 0.3) is 0 Å². The van der Waals surface area contributed by atoms with E-state index in [1.807, 2.05) is 19.1 Å². The van der Waals surface area contributed by atoms with Gasteiger partial charge in [0.05, 0.1) is 5.02 Å². The van der Waals surface area contributed by atoms with Crippen molar-refractivity contribution in [3.63, 3.8) is 0 Å². The van der Waals surface area contributed by atoms with Gasteiger partial charge >= 0.3 is 0 Å². The summed E-state index contributed by atoms with van der Waals surface area (Å²) in [6, 6.07) is 5.48. The largest absolute Gasteiger partial charge is 0.294 e. The van der Waals surface area contributed by atoms with E-state index in [4.69, 9.17) is 11.6 Å². The summed E-state index contributed by atoms with van der Waals surface area (Å²) < 4.78 is 0. The number of carbonyl (C=O) groups excluding carboxylic acids is 1. The molecule has 0 spiro atoms. The maximum absolute atomic E-state index is 11.6.